The molecule has 0 aromatic heterocycles. The molecule has 154 valence electrons. The number of thioether (sulfide) groups is 1. The van der Waals surface area contributed by atoms with Crippen LogP contribution < -0.4 is 5.43 Å². The molecule has 27 heavy (non-hydrogen) atoms. The highest BCUT2D eigenvalue weighted by molar-refractivity contribution is 8.15. The van der Waals surface area contributed by atoms with Crippen molar-refractivity contribution in [3.63, 3.8) is 0 Å². The van der Waals surface area contributed by atoms with Gasteiger partial charge in [-0.05, 0) is 42.4 Å². The summed E-state index contributed by atoms with van der Waals surface area (Å²) < 4.78 is 92.2. The van der Waals surface area contributed by atoms with Crippen molar-refractivity contribution in [1.82, 2.24) is 5.43 Å². The second-order valence-corrected chi connectivity index (χ2v) is 9.10. The fourth-order valence-corrected chi connectivity index (χ4v) is 5.16. The van der Waals surface area contributed by atoms with Gasteiger partial charge in [-0.15, -0.1) is 0 Å². The van der Waals surface area contributed by atoms with E-state index in [2.05, 4.69) is 10.1 Å². The molecule has 12 heteroatoms. The zero-order valence-corrected chi connectivity index (χ0v) is 15.4. The number of nitrogens with zero attached hydrogens (tertiary/aromatic N) is 2. The molecule has 0 amide bonds. The van der Waals surface area contributed by atoms with Crippen LogP contribution in [0.25, 0.3) is 0 Å². The summed E-state index contributed by atoms with van der Waals surface area (Å²) in [5.74, 6) is 0.295. The molecule has 3 aliphatic rings. The smallest absolute Gasteiger partial charge is 0.359 e. The maximum absolute atomic E-state index is 14.3. The quantitative estimate of drug-likeness (QED) is 0.489. The number of nitrogens with one attached hydrogen (secondary N) is 1. The van der Waals surface area contributed by atoms with Gasteiger partial charge in [-0.1, -0.05) is 20.8 Å². The van der Waals surface area contributed by atoms with Crippen LogP contribution in [0.5, 0.6) is 0 Å². The summed E-state index contributed by atoms with van der Waals surface area (Å²) in [6.07, 6.45) is -9.71. The zero-order chi connectivity index (χ0) is 20.7. The molecule has 0 aromatic carbocycles. The van der Waals surface area contributed by atoms with Gasteiger partial charge in [-0.2, -0.15) is 31.4 Å². The lowest BCUT2D eigenvalue weighted by Gasteiger charge is -2.34. The second kappa shape index (κ2) is 5.52. The van der Waals surface area contributed by atoms with Crippen molar-refractivity contribution in [1.29, 1.82) is 0 Å². The Labute approximate surface area is 154 Å². The van der Waals surface area contributed by atoms with Gasteiger partial charge in [0.25, 0.3) is 0 Å². The van der Waals surface area contributed by atoms with Crippen molar-refractivity contribution < 1.29 is 35.8 Å². The lowest BCUT2D eigenvalue weighted by Crippen LogP contribution is -2.62. The largest absolute Gasteiger partial charge is 0.443 e. The van der Waals surface area contributed by atoms with Gasteiger partial charge >= 0.3 is 23.1 Å². The molecule has 0 spiro atoms. The molecule has 1 aliphatic heterocycles. The van der Waals surface area contributed by atoms with Gasteiger partial charge in [0.1, 0.15) is 0 Å². The molecule has 3 unspecified atom stereocenters. The van der Waals surface area contributed by atoms with Crippen LogP contribution in [-0.2, 0) is 0 Å². The maximum atomic E-state index is 14.3. The predicted octanol–water partition coefficient (Wildman–Crippen LogP) is 4.36. The molecule has 2 bridgehead atoms. The maximum Gasteiger partial charge on any atom is 0.443 e. The fraction of sp³-hybridized carbons (Fsp3) is 0.867. The van der Waals surface area contributed by atoms with Crippen LogP contribution in [0.3, 0.4) is 0 Å². The van der Waals surface area contributed by atoms with E-state index in [0.29, 0.717) is 18.1 Å². The van der Waals surface area contributed by atoms with Crippen molar-refractivity contribution in [2.75, 3.05) is 0 Å². The summed E-state index contributed by atoms with van der Waals surface area (Å²) in [5, 5.41) is 7.27. The highest BCUT2D eigenvalue weighted by atomic mass is 32.2. The molecule has 0 saturated heterocycles. The molecule has 0 aromatic rings. The number of aliphatic imine (C=N–C) groups is 1. The average Bonchev–Trinajstić information content (AvgIpc) is 2.97. The van der Waals surface area contributed by atoms with Crippen LogP contribution in [0, 0.1) is 16.7 Å². The van der Waals surface area contributed by atoms with Crippen LogP contribution >= 0.6 is 11.8 Å². The van der Waals surface area contributed by atoms with Gasteiger partial charge in [-0.25, -0.2) is 9.38 Å². The standard InChI is InChI=1S/C15H18F7N3OS/c1-10(2)7-4-5-11(10,3)8(6-7)24-25-9-23-13(26,15(20,21)22)12(16,27-9)14(17,18)19/h7,26H,4-6H2,1-3H3,(H,23,25)/t7?,11-,12?,13?/m1/s1. The number of alkyl halides is 7. The molecule has 2 fully saturated rings. The minimum Gasteiger partial charge on any atom is -0.359 e. The van der Waals surface area contributed by atoms with E-state index in [1.54, 1.807) is 0 Å². The third-order valence-electron chi connectivity index (χ3n) is 6.51. The number of halogens is 7. The summed E-state index contributed by atoms with van der Waals surface area (Å²) in [5.41, 5.74) is -2.83. The first-order valence-electron chi connectivity index (χ1n) is 8.16. The van der Waals surface area contributed by atoms with Gasteiger partial charge in [0.2, 0.25) is 0 Å². The van der Waals surface area contributed by atoms with Crippen LogP contribution in [0.2, 0.25) is 0 Å². The zero-order valence-electron chi connectivity index (χ0n) is 14.6. The number of fused-ring (bicyclic) bond motifs is 2. The SMILES string of the molecule is CC1(C)C2CC[C@]1(C)C(=NNC1=NC(O)(C(F)(F)F)C(F)(C(F)(F)F)S1)C2. The molecule has 4 atom stereocenters. The molecule has 2 aliphatic carbocycles. The topological polar surface area (TPSA) is 57.0 Å². The average molecular weight is 421 g/mol. The summed E-state index contributed by atoms with van der Waals surface area (Å²) in [4.78, 5) is 2.59. The molecule has 2 saturated carbocycles. The van der Waals surface area contributed by atoms with E-state index in [9.17, 15) is 35.8 Å². The number of hydrogen-bond acceptors (Lipinski definition) is 5. The number of rotatable bonds is 1. The fourth-order valence-electron chi connectivity index (χ4n) is 4.21. The van der Waals surface area contributed by atoms with Crippen LogP contribution in [0.4, 0.5) is 30.7 Å². The Morgan fingerprint density at radius 1 is 1.15 bits per heavy atom. The monoisotopic (exact) mass is 421 g/mol. The van der Waals surface area contributed by atoms with E-state index >= 15 is 0 Å². The molecule has 0 radical (unpaired) electrons. The Morgan fingerprint density at radius 3 is 2.11 bits per heavy atom. The minimum absolute atomic E-state index is 0.124. The number of hydrazone groups is 1. The predicted molar refractivity (Wildman–Crippen MR) is 85.7 cm³/mol. The van der Waals surface area contributed by atoms with Gasteiger partial charge in [0.05, 0.1) is 0 Å². The Bertz CT molecular complexity index is 719. The highest BCUT2D eigenvalue weighted by Crippen LogP contribution is 2.64. The Kier molecular flexibility index (Phi) is 4.23. The van der Waals surface area contributed by atoms with Crippen molar-refractivity contribution in [3.05, 3.63) is 0 Å². The van der Waals surface area contributed by atoms with Crippen LogP contribution in [0.15, 0.2) is 10.1 Å². The van der Waals surface area contributed by atoms with Gasteiger partial charge in [-0.3, -0.25) is 5.43 Å². The van der Waals surface area contributed by atoms with Gasteiger partial charge < -0.3 is 5.11 Å². The summed E-state index contributed by atoms with van der Waals surface area (Å²) in [6, 6.07) is 0. The van der Waals surface area contributed by atoms with E-state index in [4.69, 9.17) is 0 Å². The van der Waals surface area contributed by atoms with E-state index < -0.39 is 40.0 Å². The molecular weight excluding hydrogens is 403 g/mol. The molecular formula is C15H18F7N3OS. The highest BCUT2D eigenvalue weighted by Gasteiger charge is 2.82. The number of hydrogen-bond donors (Lipinski definition) is 2. The second-order valence-electron chi connectivity index (χ2n) is 7.95. The Hall–Kier alpha value is -1.04. The van der Waals surface area contributed by atoms with E-state index in [-0.39, 0.29) is 10.8 Å². The molecule has 4 nitrogen and oxygen atoms in total. The number of amidine groups is 1. The van der Waals surface area contributed by atoms with Gasteiger partial charge in [0, 0.05) is 11.1 Å². The first-order chi connectivity index (χ1) is 12.0. The lowest BCUT2D eigenvalue weighted by atomic mass is 9.70. The van der Waals surface area contributed by atoms with Crippen LogP contribution in [0.1, 0.15) is 40.0 Å². The number of aliphatic hydroxyl groups is 1. The van der Waals surface area contributed by atoms with Crippen molar-refractivity contribution in [3.8, 4) is 0 Å². The third kappa shape index (κ3) is 2.54. The van der Waals surface area contributed by atoms with E-state index in [1.807, 2.05) is 26.2 Å². The van der Waals surface area contributed by atoms with Crippen molar-refractivity contribution in [2.24, 2.45) is 26.8 Å². The van der Waals surface area contributed by atoms with Crippen molar-refractivity contribution >= 4 is 22.6 Å². The lowest BCUT2D eigenvalue weighted by molar-refractivity contribution is -0.332. The first kappa shape index (κ1) is 20.7. The van der Waals surface area contributed by atoms with Crippen LogP contribution in [-0.4, -0.2) is 39.1 Å². The Balaban J connectivity index is 1.90. The Morgan fingerprint density at radius 2 is 1.74 bits per heavy atom. The van der Waals surface area contributed by atoms with Crippen molar-refractivity contribution in [2.45, 2.75) is 63.1 Å². The summed E-state index contributed by atoms with van der Waals surface area (Å²) in [7, 11) is 0. The third-order valence-corrected chi connectivity index (χ3v) is 7.68. The van der Waals surface area contributed by atoms with E-state index in [1.165, 1.54) is 0 Å². The first-order valence-corrected chi connectivity index (χ1v) is 8.98. The summed E-state index contributed by atoms with van der Waals surface area (Å²) in [6.45, 7) is 6.01. The minimum atomic E-state index is -6.01. The molecule has 1 heterocycles. The molecule has 3 rings (SSSR count). The van der Waals surface area contributed by atoms with Gasteiger partial charge in [0.15, 0.2) is 5.17 Å². The normalized spacial score (nSPS) is 42.7. The van der Waals surface area contributed by atoms with E-state index in [0.717, 1.165) is 12.8 Å². The summed E-state index contributed by atoms with van der Waals surface area (Å²) >= 11 is -0.874. The molecule has 2 N–H and O–H groups in total.